The Morgan fingerprint density at radius 2 is 1.95 bits per heavy atom. The van der Waals surface area contributed by atoms with E-state index in [1.165, 1.54) is 0 Å². The number of carbonyl (C=O) groups excluding carboxylic acids is 2. The van der Waals surface area contributed by atoms with Gasteiger partial charge in [-0.05, 0) is 44.5 Å². The van der Waals surface area contributed by atoms with Crippen LogP contribution in [0.4, 0.5) is 5.69 Å². The second-order valence-electron chi connectivity index (χ2n) is 4.91. The molecule has 0 aliphatic heterocycles. The molecule has 6 heteroatoms. The van der Waals surface area contributed by atoms with Crippen molar-refractivity contribution in [3.63, 3.8) is 0 Å². The van der Waals surface area contributed by atoms with E-state index in [0.717, 1.165) is 10.0 Å². The minimum Gasteiger partial charge on any atom is -0.394 e. The molecule has 0 unspecified atom stereocenters. The van der Waals surface area contributed by atoms with Crippen molar-refractivity contribution in [2.45, 2.75) is 26.3 Å². The zero-order valence-electron chi connectivity index (χ0n) is 11.1. The maximum absolute atomic E-state index is 11.7. The molecule has 5 nitrogen and oxygen atoms in total. The van der Waals surface area contributed by atoms with Gasteiger partial charge in [-0.15, -0.1) is 0 Å². The molecule has 104 valence electrons. The van der Waals surface area contributed by atoms with Crippen LogP contribution in [0.1, 0.15) is 19.4 Å². The minimum atomic E-state index is -0.829. The number of halogens is 1. The average Bonchev–Trinajstić information content (AvgIpc) is 2.33. The second-order valence-corrected chi connectivity index (χ2v) is 5.77. The Hall–Kier alpha value is -1.40. The van der Waals surface area contributed by atoms with Gasteiger partial charge in [0, 0.05) is 10.2 Å². The molecule has 1 rings (SSSR count). The van der Waals surface area contributed by atoms with E-state index in [-0.39, 0.29) is 6.61 Å². The van der Waals surface area contributed by atoms with Crippen molar-refractivity contribution in [3.05, 3.63) is 28.2 Å². The van der Waals surface area contributed by atoms with E-state index in [4.69, 9.17) is 5.11 Å². The molecule has 0 aliphatic rings. The van der Waals surface area contributed by atoms with Crippen molar-refractivity contribution >= 4 is 33.4 Å². The quantitative estimate of drug-likeness (QED) is 0.737. The normalized spacial score (nSPS) is 11.0. The summed E-state index contributed by atoms with van der Waals surface area (Å²) in [5, 5.41) is 14.0. The van der Waals surface area contributed by atoms with Gasteiger partial charge in [0.2, 0.25) is 0 Å². The Balaban J connectivity index is 2.69. The van der Waals surface area contributed by atoms with E-state index in [2.05, 4.69) is 26.6 Å². The van der Waals surface area contributed by atoms with E-state index in [9.17, 15) is 9.59 Å². The summed E-state index contributed by atoms with van der Waals surface area (Å²) in [6.07, 6.45) is 0. The summed E-state index contributed by atoms with van der Waals surface area (Å²) < 4.78 is 0.927. The fourth-order valence-corrected chi connectivity index (χ4v) is 1.56. The van der Waals surface area contributed by atoms with E-state index in [1.807, 2.05) is 6.92 Å². The molecule has 0 bridgehead atoms. The third-order valence-electron chi connectivity index (χ3n) is 2.47. The summed E-state index contributed by atoms with van der Waals surface area (Å²) in [6, 6.07) is 5.24. The maximum atomic E-state index is 11.7. The number of benzene rings is 1. The van der Waals surface area contributed by atoms with Gasteiger partial charge in [0.15, 0.2) is 0 Å². The van der Waals surface area contributed by atoms with E-state index in [0.29, 0.717) is 5.69 Å². The topological polar surface area (TPSA) is 78.4 Å². The minimum absolute atomic E-state index is 0.247. The third kappa shape index (κ3) is 4.65. The monoisotopic (exact) mass is 328 g/mol. The predicted molar refractivity (Wildman–Crippen MR) is 76.8 cm³/mol. The molecule has 0 aromatic heterocycles. The van der Waals surface area contributed by atoms with Crippen molar-refractivity contribution in [2.75, 3.05) is 11.9 Å². The molecular formula is C13H17BrN2O3. The molecule has 0 atom stereocenters. The van der Waals surface area contributed by atoms with Crippen molar-refractivity contribution in [2.24, 2.45) is 0 Å². The lowest BCUT2D eigenvalue weighted by Crippen LogP contribution is -2.50. The summed E-state index contributed by atoms with van der Waals surface area (Å²) in [6.45, 7) is 4.89. The van der Waals surface area contributed by atoms with Gasteiger partial charge in [-0.1, -0.05) is 15.9 Å². The first kappa shape index (κ1) is 15.7. The van der Waals surface area contributed by atoms with Gasteiger partial charge in [0.05, 0.1) is 12.1 Å². The molecule has 0 radical (unpaired) electrons. The summed E-state index contributed by atoms with van der Waals surface area (Å²) in [7, 11) is 0. The Kier molecular flexibility index (Phi) is 5.08. The van der Waals surface area contributed by atoms with Gasteiger partial charge in [-0.3, -0.25) is 9.59 Å². The smallest absolute Gasteiger partial charge is 0.313 e. The molecule has 0 saturated carbocycles. The Labute approximate surface area is 120 Å². The largest absolute Gasteiger partial charge is 0.394 e. The zero-order chi connectivity index (χ0) is 14.6. The molecule has 0 saturated heterocycles. The van der Waals surface area contributed by atoms with Crippen LogP contribution >= 0.6 is 15.9 Å². The van der Waals surface area contributed by atoms with Crippen LogP contribution in [-0.2, 0) is 9.59 Å². The van der Waals surface area contributed by atoms with Crippen LogP contribution in [0.25, 0.3) is 0 Å². The lowest BCUT2D eigenvalue weighted by Gasteiger charge is -2.22. The molecule has 0 aliphatic carbocycles. The number of aliphatic hydroxyl groups is 1. The molecule has 3 N–H and O–H groups in total. The van der Waals surface area contributed by atoms with Crippen molar-refractivity contribution < 1.29 is 14.7 Å². The number of aryl methyl sites for hydroxylation is 1. The van der Waals surface area contributed by atoms with Crippen LogP contribution in [0.15, 0.2) is 22.7 Å². The summed E-state index contributed by atoms with van der Waals surface area (Å²) >= 11 is 3.35. The van der Waals surface area contributed by atoms with Crippen molar-refractivity contribution in [1.29, 1.82) is 0 Å². The summed E-state index contributed by atoms with van der Waals surface area (Å²) in [5.41, 5.74) is 0.667. The first-order valence-corrected chi connectivity index (χ1v) is 6.55. The van der Waals surface area contributed by atoms with Gasteiger partial charge in [-0.25, -0.2) is 0 Å². The van der Waals surface area contributed by atoms with Gasteiger partial charge in [0.25, 0.3) is 0 Å². The zero-order valence-corrected chi connectivity index (χ0v) is 12.7. The molecule has 1 aromatic carbocycles. The SMILES string of the molecule is Cc1cc(NC(=O)C(=O)NC(C)(C)CO)ccc1Br. The molecule has 0 spiro atoms. The summed E-state index contributed by atoms with van der Waals surface area (Å²) in [5.74, 6) is -1.54. The fraction of sp³-hybridized carbons (Fsp3) is 0.385. The van der Waals surface area contributed by atoms with Crippen LogP contribution in [0.2, 0.25) is 0 Å². The number of hydrogen-bond acceptors (Lipinski definition) is 3. The number of nitrogens with one attached hydrogen (secondary N) is 2. The second kappa shape index (κ2) is 6.16. The number of aliphatic hydroxyl groups excluding tert-OH is 1. The van der Waals surface area contributed by atoms with Gasteiger partial charge >= 0.3 is 11.8 Å². The van der Waals surface area contributed by atoms with Gasteiger partial charge < -0.3 is 15.7 Å². The number of hydrogen-bond donors (Lipinski definition) is 3. The molecule has 19 heavy (non-hydrogen) atoms. The number of amides is 2. The predicted octanol–water partition coefficient (Wildman–Crippen LogP) is 1.58. The number of carbonyl (C=O) groups is 2. The fourth-order valence-electron chi connectivity index (χ4n) is 1.31. The van der Waals surface area contributed by atoms with Crippen LogP contribution in [0.5, 0.6) is 0 Å². The first-order valence-electron chi connectivity index (χ1n) is 5.76. The number of rotatable bonds is 3. The van der Waals surface area contributed by atoms with Crippen LogP contribution in [-0.4, -0.2) is 29.1 Å². The van der Waals surface area contributed by atoms with Gasteiger partial charge in [-0.2, -0.15) is 0 Å². The van der Waals surface area contributed by atoms with Crippen molar-refractivity contribution in [3.8, 4) is 0 Å². The van der Waals surface area contributed by atoms with Crippen LogP contribution in [0, 0.1) is 6.92 Å². The maximum Gasteiger partial charge on any atom is 0.313 e. The van der Waals surface area contributed by atoms with E-state index < -0.39 is 17.4 Å². The lowest BCUT2D eigenvalue weighted by molar-refractivity contribution is -0.137. The molecule has 0 heterocycles. The highest BCUT2D eigenvalue weighted by Gasteiger charge is 2.23. The Morgan fingerprint density at radius 3 is 2.47 bits per heavy atom. The van der Waals surface area contributed by atoms with E-state index >= 15 is 0 Å². The van der Waals surface area contributed by atoms with Gasteiger partial charge in [0.1, 0.15) is 0 Å². The van der Waals surface area contributed by atoms with Crippen LogP contribution < -0.4 is 10.6 Å². The highest BCUT2D eigenvalue weighted by Crippen LogP contribution is 2.19. The number of anilines is 1. The third-order valence-corrected chi connectivity index (χ3v) is 3.36. The summed E-state index contributed by atoms with van der Waals surface area (Å²) in [4.78, 5) is 23.3. The van der Waals surface area contributed by atoms with Crippen molar-refractivity contribution in [1.82, 2.24) is 5.32 Å². The molecular weight excluding hydrogens is 312 g/mol. The Morgan fingerprint density at radius 1 is 1.32 bits per heavy atom. The Bertz CT molecular complexity index is 501. The lowest BCUT2D eigenvalue weighted by atomic mass is 10.1. The first-order chi connectivity index (χ1) is 8.75. The standard InChI is InChI=1S/C13H17BrN2O3/c1-8-6-9(4-5-10(8)14)15-11(18)12(19)16-13(2,3)7-17/h4-6,17H,7H2,1-3H3,(H,15,18)(H,16,19). The van der Waals surface area contributed by atoms with E-state index in [1.54, 1.807) is 32.0 Å². The molecule has 0 fully saturated rings. The van der Waals surface area contributed by atoms with Crippen LogP contribution in [0.3, 0.4) is 0 Å². The highest BCUT2D eigenvalue weighted by atomic mass is 79.9. The highest BCUT2D eigenvalue weighted by molar-refractivity contribution is 9.10. The molecule has 2 amide bonds. The average molecular weight is 329 g/mol. The molecule has 1 aromatic rings.